The fourth-order valence-corrected chi connectivity index (χ4v) is 1.77. The lowest BCUT2D eigenvalue weighted by molar-refractivity contribution is 0.121. The molecular formula is C11H12ClN3O. The number of methoxy groups -OCH3 is 1. The van der Waals surface area contributed by atoms with Gasteiger partial charge < -0.3 is 10.5 Å². The molecule has 2 N–H and O–H groups in total. The van der Waals surface area contributed by atoms with Crippen molar-refractivity contribution in [2.75, 3.05) is 12.8 Å². The number of pyridine rings is 2. The summed E-state index contributed by atoms with van der Waals surface area (Å²) in [5.41, 5.74) is 8.74. The highest BCUT2D eigenvalue weighted by atomic mass is 35.5. The molecule has 2 heterocycles. The van der Waals surface area contributed by atoms with E-state index < -0.39 is 0 Å². The maximum absolute atomic E-state index is 5.89. The van der Waals surface area contributed by atoms with Gasteiger partial charge in [-0.1, -0.05) is 11.6 Å². The molecule has 2 aromatic rings. The first-order valence-electron chi connectivity index (χ1n) is 4.87. The van der Waals surface area contributed by atoms with E-state index in [-0.39, 0.29) is 6.10 Å². The van der Waals surface area contributed by atoms with Crippen LogP contribution in [-0.2, 0) is 4.74 Å². The van der Waals surface area contributed by atoms with E-state index in [9.17, 15) is 0 Å². The number of ether oxygens (including phenoxy) is 1. The summed E-state index contributed by atoms with van der Waals surface area (Å²) < 4.78 is 5.27. The maximum Gasteiger partial charge on any atom is 0.129 e. The quantitative estimate of drug-likeness (QED) is 0.816. The predicted molar refractivity (Wildman–Crippen MR) is 64.4 cm³/mol. The summed E-state index contributed by atoms with van der Waals surface area (Å²) in [5, 5.41) is 0.421. The first-order valence-corrected chi connectivity index (χ1v) is 5.24. The molecular weight excluding hydrogens is 226 g/mol. The van der Waals surface area contributed by atoms with Crippen molar-refractivity contribution in [1.82, 2.24) is 9.97 Å². The molecule has 4 nitrogen and oxygen atoms in total. The molecule has 84 valence electrons. The van der Waals surface area contributed by atoms with Gasteiger partial charge in [0.05, 0.1) is 29.0 Å². The van der Waals surface area contributed by atoms with Crippen molar-refractivity contribution in [3.05, 3.63) is 29.0 Å². The third-order valence-electron chi connectivity index (χ3n) is 2.51. The zero-order valence-electron chi connectivity index (χ0n) is 9.07. The van der Waals surface area contributed by atoms with E-state index in [0.29, 0.717) is 16.4 Å². The Labute approximate surface area is 98.4 Å². The zero-order valence-corrected chi connectivity index (χ0v) is 9.82. The lowest BCUT2D eigenvalue weighted by Crippen LogP contribution is -2.04. The third-order valence-corrected chi connectivity index (χ3v) is 2.72. The largest absolute Gasteiger partial charge is 0.397 e. The molecule has 0 bridgehead atoms. The van der Waals surface area contributed by atoms with Crippen molar-refractivity contribution in [3.63, 3.8) is 0 Å². The Hall–Kier alpha value is -1.39. The molecule has 0 aliphatic heterocycles. The Balaban J connectivity index is 2.77. The van der Waals surface area contributed by atoms with Crippen LogP contribution in [0.25, 0.3) is 11.0 Å². The highest BCUT2D eigenvalue weighted by molar-refractivity contribution is 6.29. The summed E-state index contributed by atoms with van der Waals surface area (Å²) in [4.78, 5) is 8.45. The molecule has 0 amide bonds. The van der Waals surface area contributed by atoms with E-state index in [4.69, 9.17) is 22.1 Å². The van der Waals surface area contributed by atoms with Gasteiger partial charge in [0.2, 0.25) is 0 Å². The molecule has 2 rings (SSSR count). The number of nitrogen functional groups attached to an aromatic ring is 1. The number of nitrogens with zero attached hydrogens (tertiary/aromatic N) is 2. The number of halogens is 1. The van der Waals surface area contributed by atoms with Crippen LogP contribution in [0, 0.1) is 0 Å². The first-order chi connectivity index (χ1) is 7.63. The molecule has 0 saturated carbocycles. The molecule has 0 aliphatic carbocycles. The van der Waals surface area contributed by atoms with Crippen LogP contribution in [0.5, 0.6) is 0 Å². The Morgan fingerprint density at radius 2 is 2.19 bits per heavy atom. The van der Waals surface area contributed by atoms with Crippen molar-refractivity contribution in [2.24, 2.45) is 0 Å². The minimum absolute atomic E-state index is 0.142. The topological polar surface area (TPSA) is 61.0 Å². The van der Waals surface area contributed by atoms with Crippen LogP contribution in [-0.4, -0.2) is 17.1 Å². The summed E-state index contributed by atoms with van der Waals surface area (Å²) >= 11 is 5.87. The molecule has 0 fully saturated rings. The van der Waals surface area contributed by atoms with Crippen molar-refractivity contribution < 1.29 is 4.74 Å². The van der Waals surface area contributed by atoms with Gasteiger partial charge in [-0.15, -0.1) is 0 Å². The maximum atomic E-state index is 5.89. The minimum atomic E-state index is -0.142. The van der Waals surface area contributed by atoms with E-state index in [2.05, 4.69) is 9.97 Å². The van der Waals surface area contributed by atoms with Gasteiger partial charge in [0.15, 0.2) is 0 Å². The Morgan fingerprint density at radius 1 is 1.44 bits per heavy atom. The first kappa shape index (κ1) is 11.1. The van der Waals surface area contributed by atoms with E-state index in [1.165, 1.54) is 0 Å². The molecule has 0 aliphatic rings. The second-order valence-electron chi connectivity index (χ2n) is 3.51. The van der Waals surface area contributed by atoms with Gasteiger partial charge in [-0.3, -0.25) is 4.98 Å². The van der Waals surface area contributed by atoms with Gasteiger partial charge >= 0.3 is 0 Å². The second kappa shape index (κ2) is 4.23. The molecule has 0 radical (unpaired) electrons. The van der Waals surface area contributed by atoms with Gasteiger partial charge in [0, 0.05) is 12.7 Å². The van der Waals surface area contributed by atoms with Crippen LogP contribution in [0.15, 0.2) is 18.3 Å². The van der Waals surface area contributed by atoms with Crippen LogP contribution >= 0.6 is 11.6 Å². The molecule has 0 saturated heterocycles. The summed E-state index contributed by atoms with van der Waals surface area (Å²) in [7, 11) is 1.63. The molecule has 0 spiro atoms. The fourth-order valence-electron chi connectivity index (χ4n) is 1.62. The molecule has 0 unspecified atom stereocenters. The van der Waals surface area contributed by atoms with Crippen LogP contribution in [0.4, 0.5) is 5.69 Å². The number of hydrogen-bond acceptors (Lipinski definition) is 4. The fraction of sp³-hybridized carbons (Fsp3) is 0.273. The molecule has 0 aromatic carbocycles. The zero-order chi connectivity index (χ0) is 11.7. The number of nitrogens with two attached hydrogens (primary N) is 1. The standard InChI is InChI=1S/C11H12ClN3O/c1-6(16-2)10-7(13)5-14-8-3-4-9(12)15-11(8)10/h3-6H,13H2,1-2H3/t6-/m0/s1. The summed E-state index contributed by atoms with van der Waals surface area (Å²) in [6.07, 6.45) is 1.47. The summed E-state index contributed by atoms with van der Waals surface area (Å²) in [6, 6.07) is 3.52. The lowest BCUT2D eigenvalue weighted by Gasteiger charge is -2.14. The van der Waals surface area contributed by atoms with E-state index >= 15 is 0 Å². The highest BCUT2D eigenvalue weighted by Crippen LogP contribution is 2.29. The van der Waals surface area contributed by atoms with Crippen molar-refractivity contribution in [1.29, 1.82) is 0 Å². The summed E-state index contributed by atoms with van der Waals surface area (Å²) in [5.74, 6) is 0. The molecule has 16 heavy (non-hydrogen) atoms. The van der Waals surface area contributed by atoms with Gasteiger partial charge in [-0.05, 0) is 19.1 Å². The second-order valence-corrected chi connectivity index (χ2v) is 3.89. The van der Waals surface area contributed by atoms with Gasteiger partial charge in [0.1, 0.15) is 5.15 Å². The van der Waals surface area contributed by atoms with E-state index in [1.54, 1.807) is 19.4 Å². The molecule has 2 aromatic heterocycles. The molecule has 5 heteroatoms. The Kier molecular flexibility index (Phi) is 2.94. The number of aromatic nitrogens is 2. The van der Waals surface area contributed by atoms with Crippen LogP contribution in [0.1, 0.15) is 18.6 Å². The van der Waals surface area contributed by atoms with E-state index in [1.807, 2.05) is 13.0 Å². The average Bonchev–Trinajstić information content (AvgIpc) is 2.28. The monoisotopic (exact) mass is 237 g/mol. The third kappa shape index (κ3) is 1.81. The van der Waals surface area contributed by atoms with E-state index in [0.717, 1.165) is 11.1 Å². The van der Waals surface area contributed by atoms with Crippen molar-refractivity contribution in [3.8, 4) is 0 Å². The van der Waals surface area contributed by atoms with Gasteiger partial charge in [-0.25, -0.2) is 4.98 Å². The lowest BCUT2D eigenvalue weighted by atomic mass is 10.1. The van der Waals surface area contributed by atoms with Crippen LogP contribution < -0.4 is 5.73 Å². The normalized spacial score (nSPS) is 12.9. The molecule has 1 atom stereocenters. The Bertz CT molecular complexity index is 525. The number of fused-ring (bicyclic) bond motifs is 1. The minimum Gasteiger partial charge on any atom is -0.397 e. The number of anilines is 1. The SMILES string of the molecule is CO[C@@H](C)c1c(N)cnc2ccc(Cl)nc12. The highest BCUT2D eigenvalue weighted by Gasteiger charge is 2.14. The van der Waals surface area contributed by atoms with Crippen molar-refractivity contribution in [2.45, 2.75) is 13.0 Å². The number of hydrogen-bond donors (Lipinski definition) is 1. The van der Waals surface area contributed by atoms with Crippen LogP contribution in [0.2, 0.25) is 5.15 Å². The van der Waals surface area contributed by atoms with Crippen LogP contribution in [0.3, 0.4) is 0 Å². The Morgan fingerprint density at radius 3 is 2.88 bits per heavy atom. The van der Waals surface area contributed by atoms with Crippen molar-refractivity contribution >= 4 is 28.3 Å². The van der Waals surface area contributed by atoms with Gasteiger partial charge in [0.25, 0.3) is 0 Å². The summed E-state index contributed by atoms with van der Waals surface area (Å²) in [6.45, 7) is 1.91. The average molecular weight is 238 g/mol. The van der Waals surface area contributed by atoms with Gasteiger partial charge in [-0.2, -0.15) is 0 Å². The smallest absolute Gasteiger partial charge is 0.129 e. The predicted octanol–water partition coefficient (Wildman–Crippen LogP) is 2.57. The number of rotatable bonds is 2.